The highest BCUT2D eigenvalue weighted by molar-refractivity contribution is 8.00. The summed E-state index contributed by atoms with van der Waals surface area (Å²) >= 11 is 6.94. The molecule has 5 nitrogen and oxygen atoms in total. The number of benzene rings is 3. The van der Waals surface area contributed by atoms with Crippen LogP contribution in [0.4, 0.5) is 17.1 Å². The van der Waals surface area contributed by atoms with Crippen molar-refractivity contribution in [2.45, 2.75) is 30.9 Å². The minimum Gasteiger partial charge on any atom is -0.495 e. The summed E-state index contributed by atoms with van der Waals surface area (Å²) in [4.78, 5) is 13.7. The smallest absolute Gasteiger partial charge is 0.237 e. The number of carbonyl (C=O) groups excluding carboxylic acids is 1. The molecule has 3 aromatic carbocycles. The number of aryl methyl sites for hydroxylation is 1. The molecule has 0 radical (unpaired) electrons. The second-order valence-corrected chi connectivity index (χ2v) is 9.13. The molecule has 0 aliphatic heterocycles. The molecule has 0 heterocycles. The van der Waals surface area contributed by atoms with Crippen molar-refractivity contribution in [1.29, 1.82) is 0 Å². The van der Waals surface area contributed by atoms with Crippen LogP contribution in [0.1, 0.15) is 18.1 Å². The van der Waals surface area contributed by atoms with E-state index in [1.807, 2.05) is 87.5 Å². The summed E-state index contributed by atoms with van der Waals surface area (Å²) in [6.07, 6.45) is 0. The maximum Gasteiger partial charge on any atom is 0.237 e. The van der Waals surface area contributed by atoms with Crippen LogP contribution in [0.3, 0.4) is 0 Å². The minimum atomic E-state index is -0.260. The summed E-state index contributed by atoms with van der Waals surface area (Å²) in [5.41, 5.74) is 4.71. The van der Waals surface area contributed by atoms with Gasteiger partial charge in [-0.15, -0.1) is 11.8 Å². The van der Waals surface area contributed by atoms with Gasteiger partial charge in [0.1, 0.15) is 5.75 Å². The summed E-state index contributed by atoms with van der Waals surface area (Å²) in [6, 6.07) is 21.3. The van der Waals surface area contributed by atoms with Crippen molar-refractivity contribution in [1.82, 2.24) is 0 Å². The van der Waals surface area contributed by atoms with E-state index in [0.29, 0.717) is 10.9 Å². The minimum absolute atomic E-state index is 0.0320. The van der Waals surface area contributed by atoms with Gasteiger partial charge in [0.25, 0.3) is 0 Å². The fourth-order valence-electron chi connectivity index (χ4n) is 3.06. The number of thioether (sulfide) groups is 1. The van der Waals surface area contributed by atoms with Crippen molar-refractivity contribution in [2.24, 2.45) is 0 Å². The molecule has 0 saturated heterocycles. The molecule has 1 amide bonds. The highest BCUT2D eigenvalue weighted by Gasteiger charge is 2.16. The van der Waals surface area contributed by atoms with E-state index >= 15 is 0 Å². The van der Waals surface area contributed by atoms with Crippen molar-refractivity contribution < 1.29 is 9.53 Å². The highest BCUT2D eigenvalue weighted by Crippen LogP contribution is 2.28. The lowest BCUT2D eigenvalue weighted by atomic mass is 10.1. The molecular weight excluding hydrogens is 438 g/mol. The number of rotatable bonds is 7. The standard InChI is InChI=1S/C25H27N3O2S2/c1-16-9-7-13-21(17(16)2)27-24(29)18(3)32-20-11-8-10-19(15-20)26-25(31)28-22-12-5-6-14-23(22)30-4/h5-15,18H,1-4H3,(H,27,29)(H2,26,28,31). The Kier molecular flexibility index (Phi) is 8.14. The van der Waals surface area contributed by atoms with Crippen molar-refractivity contribution in [3.8, 4) is 5.75 Å². The predicted molar refractivity (Wildman–Crippen MR) is 139 cm³/mol. The summed E-state index contributed by atoms with van der Waals surface area (Å²) in [5.74, 6) is 0.681. The Labute approximate surface area is 199 Å². The summed E-state index contributed by atoms with van der Waals surface area (Å²) in [6.45, 7) is 5.95. The molecular formula is C25H27N3O2S2. The molecule has 166 valence electrons. The monoisotopic (exact) mass is 465 g/mol. The van der Waals surface area contributed by atoms with Crippen LogP contribution in [0.2, 0.25) is 0 Å². The van der Waals surface area contributed by atoms with Crippen LogP contribution < -0.4 is 20.7 Å². The van der Waals surface area contributed by atoms with Gasteiger partial charge in [-0.05, 0) is 80.5 Å². The zero-order chi connectivity index (χ0) is 23.1. The Bertz CT molecular complexity index is 1120. The lowest BCUT2D eigenvalue weighted by Crippen LogP contribution is -2.23. The number of methoxy groups -OCH3 is 1. The number of nitrogens with one attached hydrogen (secondary N) is 3. The van der Waals surface area contributed by atoms with Gasteiger partial charge < -0.3 is 20.7 Å². The summed E-state index contributed by atoms with van der Waals surface area (Å²) in [7, 11) is 1.62. The van der Waals surface area contributed by atoms with Gasteiger partial charge in [-0.2, -0.15) is 0 Å². The van der Waals surface area contributed by atoms with Crippen LogP contribution in [-0.2, 0) is 4.79 Å². The third-order valence-electron chi connectivity index (χ3n) is 4.99. The molecule has 1 atom stereocenters. The maximum absolute atomic E-state index is 12.7. The number of carbonyl (C=O) groups is 1. The van der Waals surface area contributed by atoms with Gasteiger partial charge in [0.2, 0.25) is 5.91 Å². The molecule has 0 aliphatic carbocycles. The number of hydrogen-bond donors (Lipinski definition) is 3. The first-order valence-corrected chi connectivity index (χ1v) is 11.5. The molecule has 0 aliphatic rings. The fraction of sp³-hybridized carbons (Fsp3) is 0.200. The molecule has 0 spiro atoms. The fourth-order valence-corrected chi connectivity index (χ4v) is 4.21. The Morgan fingerprint density at radius 1 is 0.938 bits per heavy atom. The van der Waals surface area contributed by atoms with E-state index in [1.54, 1.807) is 7.11 Å². The van der Waals surface area contributed by atoms with E-state index in [4.69, 9.17) is 17.0 Å². The van der Waals surface area contributed by atoms with Crippen molar-refractivity contribution >= 4 is 52.1 Å². The van der Waals surface area contributed by atoms with Crippen molar-refractivity contribution in [3.63, 3.8) is 0 Å². The highest BCUT2D eigenvalue weighted by atomic mass is 32.2. The van der Waals surface area contributed by atoms with Crippen molar-refractivity contribution in [2.75, 3.05) is 23.1 Å². The van der Waals surface area contributed by atoms with E-state index in [1.165, 1.54) is 11.8 Å². The van der Waals surface area contributed by atoms with Gasteiger partial charge in [-0.25, -0.2) is 0 Å². The lowest BCUT2D eigenvalue weighted by molar-refractivity contribution is -0.115. The Morgan fingerprint density at radius 2 is 1.66 bits per heavy atom. The number of hydrogen-bond acceptors (Lipinski definition) is 4. The molecule has 1 unspecified atom stereocenters. The average Bonchev–Trinajstić information content (AvgIpc) is 2.77. The van der Waals surface area contributed by atoms with E-state index in [2.05, 4.69) is 16.0 Å². The summed E-state index contributed by atoms with van der Waals surface area (Å²) in [5, 5.41) is 9.57. The Balaban J connectivity index is 1.61. The van der Waals surface area contributed by atoms with E-state index in [0.717, 1.165) is 33.1 Å². The topological polar surface area (TPSA) is 62.4 Å². The number of ether oxygens (including phenoxy) is 1. The molecule has 0 saturated carbocycles. The third kappa shape index (κ3) is 6.24. The zero-order valence-electron chi connectivity index (χ0n) is 18.6. The maximum atomic E-state index is 12.7. The first-order chi connectivity index (χ1) is 15.4. The van der Waals surface area contributed by atoms with Gasteiger partial charge in [0.15, 0.2) is 5.11 Å². The molecule has 32 heavy (non-hydrogen) atoms. The molecule has 3 aromatic rings. The first kappa shape index (κ1) is 23.6. The SMILES string of the molecule is COc1ccccc1NC(=S)Nc1cccc(SC(C)C(=O)Nc2cccc(C)c2C)c1. The number of thiocarbonyl (C=S) groups is 1. The Morgan fingerprint density at radius 3 is 2.44 bits per heavy atom. The molecule has 0 bridgehead atoms. The summed E-state index contributed by atoms with van der Waals surface area (Å²) < 4.78 is 5.35. The second kappa shape index (κ2) is 11.0. The predicted octanol–water partition coefficient (Wildman–Crippen LogP) is 6.24. The van der Waals surface area contributed by atoms with E-state index in [9.17, 15) is 4.79 Å². The quantitative estimate of drug-likeness (QED) is 0.284. The molecule has 7 heteroatoms. The van der Waals surface area contributed by atoms with Gasteiger partial charge in [-0.1, -0.05) is 30.3 Å². The van der Waals surface area contributed by atoms with Crippen LogP contribution in [0, 0.1) is 13.8 Å². The zero-order valence-corrected chi connectivity index (χ0v) is 20.2. The molecule has 3 N–H and O–H groups in total. The number of amides is 1. The van der Waals surface area contributed by atoms with Crippen molar-refractivity contribution in [3.05, 3.63) is 77.9 Å². The van der Waals surface area contributed by atoms with Crippen LogP contribution in [0.15, 0.2) is 71.6 Å². The molecule has 0 aromatic heterocycles. The van der Waals surface area contributed by atoms with E-state index in [-0.39, 0.29) is 11.2 Å². The first-order valence-electron chi connectivity index (χ1n) is 10.2. The average molecular weight is 466 g/mol. The lowest BCUT2D eigenvalue weighted by Gasteiger charge is -2.16. The third-order valence-corrected chi connectivity index (χ3v) is 6.29. The molecule has 3 rings (SSSR count). The van der Waals surface area contributed by atoms with Crippen LogP contribution >= 0.6 is 24.0 Å². The van der Waals surface area contributed by atoms with Gasteiger partial charge >= 0.3 is 0 Å². The Hall–Kier alpha value is -3.03. The largest absolute Gasteiger partial charge is 0.495 e. The number of anilines is 3. The van der Waals surface area contributed by atoms with E-state index < -0.39 is 0 Å². The van der Waals surface area contributed by atoms with Gasteiger partial charge in [0, 0.05) is 16.3 Å². The van der Waals surface area contributed by atoms with Gasteiger partial charge in [-0.3, -0.25) is 4.79 Å². The van der Waals surface area contributed by atoms with Crippen LogP contribution in [0.25, 0.3) is 0 Å². The normalized spacial score (nSPS) is 11.4. The molecule has 0 fully saturated rings. The second-order valence-electron chi connectivity index (χ2n) is 7.30. The number of para-hydroxylation sites is 2. The van der Waals surface area contributed by atoms with Crippen LogP contribution in [0.5, 0.6) is 5.75 Å². The van der Waals surface area contributed by atoms with Crippen LogP contribution in [-0.4, -0.2) is 23.4 Å². The van der Waals surface area contributed by atoms with Gasteiger partial charge in [0.05, 0.1) is 18.0 Å².